The summed E-state index contributed by atoms with van der Waals surface area (Å²) in [7, 11) is 0. The Balaban J connectivity index is 2.34. The zero-order valence-corrected chi connectivity index (χ0v) is 12.8. The minimum Gasteiger partial charge on any atom is -0.456 e. The standard InChI is InChI=1S/C16H13BrFNO/c1-10-6-13(18)7-11(2)16(10)20-15-5-4-12(9-19-3)8-14(15)17/h4-8H,9H2,1-2H3. The second-order valence-corrected chi connectivity index (χ2v) is 5.41. The van der Waals surface area contributed by atoms with E-state index in [0.717, 1.165) is 21.2 Å². The van der Waals surface area contributed by atoms with Gasteiger partial charge < -0.3 is 9.58 Å². The van der Waals surface area contributed by atoms with E-state index in [1.807, 2.05) is 32.0 Å². The summed E-state index contributed by atoms with van der Waals surface area (Å²) >= 11 is 3.44. The summed E-state index contributed by atoms with van der Waals surface area (Å²) in [6.45, 7) is 10.8. The Morgan fingerprint density at radius 3 is 2.40 bits per heavy atom. The van der Waals surface area contributed by atoms with Crippen molar-refractivity contribution < 1.29 is 9.13 Å². The molecule has 0 bridgehead atoms. The third-order valence-corrected chi connectivity index (χ3v) is 3.51. The Hall–Kier alpha value is -1.86. The van der Waals surface area contributed by atoms with Gasteiger partial charge in [-0.2, -0.15) is 0 Å². The smallest absolute Gasteiger partial charge is 0.239 e. The lowest BCUT2D eigenvalue weighted by atomic mass is 10.1. The topological polar surface area (TPSA) is 13.6 Å². The molecule has 0 N–H and O–H groups in total. The highest BCUT2D eigenvalue weighted by molar-refractivity contribution is 9.10. The molecule has 0 saturated carbocycles. The maximum Gasteiger partial charge on any atom is 0.239 e. The minimum absolute atomic E-state index is 0.265. The van der Waals surface area contributed by atoms with E-state index >= 15 is 0 Å². The van der Waals surface area contributed by atoms with Gasteiger partial charge in [0.1, 0.15) is 17.3 Å². The molecule has 0 amide bonds. The van der Waals surface area contributed by atoms with Crippen molar-refractivity contribution in [2.24, 2.45) is 0 Å². The van der Waals surface area contributed by atoms with Crippen LogP contribution >= 0.6 is 15.9 Å². The van der Waals surface area contributed by atoms with E-state index in [9.17, 15) is 4.39 Å². The summed E-state index contributed by atoms with van der Waals surface area (Å²) in [6, 6.07) is 8.42. The maximum atomic E-state index is 13.3. The molecule has 20 heavy (non-hydrogen) atoms. The van der Waals surface area contributed by atoms with Crippen LogP contribution in [0.2, 0.25) is 0 Å². The highest BCUT2D eigenvalue weighted by Gasteiger charge is 2.10. The van der Waals surface area contributed by atoms with Crippen molar-refractivity contribution in [1.29, 1.82) is 0 Å². The monoisotopic (exact) mass is 333 g/mol. The van der Waals surface area contributed by atoms with Crippen molar-refractivity contribution >= 4 is 15.9 Å². The largest absolute Gasteiger partial charge is 0.456 e. The Morgan fingerprint density at radius 1 is 1.20 bits per heavy atom. The number of hydrogen-bond donors (Lipinski definition) is 0. The van der Waals surface area contributed by atoms with Crippen molar-refractivity contribution in [3.8, 4) is 11.5 Å². The number of halogens is 2. The average Bonchev–Trinajstić information content (AvgIpc) is 2.36. The molecule has 0 heterocycles. The Labute approximate surface area is 126 Å². The molecule has 102 valence electrons. The lowest BCUT2D eigenvalue weighted by Crippen LogP contribution is -1.94. The molecule has 0 atom stereocenters. The quantitative estimate of drug-likeness (QED) is 0.684. The van der Waals surface area contributed by atoms with Crippen LogP contribution in [-0.2, 0) is 6.54 Å². The van der Waals surface area contributed by atoms with Crippen molar-refractivity contribution in [1.82, 2.24) is 0 Å². The van der Waals surface area contributed by atoms with Crippen LogP contribution in [0.25, 0.3) is 4.85 Å². The number of benzene rings is 2. The molecule has 0 saturated heterocycles. The van der Waals surface area contributed by atoms with Crippen LogP contribution in [0.15, 0.2) is 34.8 Å². The number of aryl methyl sites for hydroxylation is 2. The third-order valence-electron chi connectivity index (χ3n) is 2.90. The van der Waals surface area contributed by atoms with E-state index < -0.39 is 0 Å². The van der Waals surface area contributed by atoms with Crippen molar-refractivity contribution in [2.75, 3.05) is 0 Å². The second-order valence-electron chi connectivity index (χ2n) is 4.55. The molecule has 0 aliphatic carbocycles. The molecule has 2 rings (SSSR count). The molecule has 2 nitrogen and oxygen atoms in total. The van der Waals surface area contributed by atoms with Crippen LogP contribution in [0, 0.1) is 26.2 Å². The second kappa shape index (κ2) is 6.06. The number of hydrogen-bond acceptors (Lipinski definition) is 1. The van der Waals surface area contributed by atoms with Crippen LogP contribution < -0.4 is 4.74 Å². The molecule has 0 unspecified atom stereocenters. The molecule has 4 heteroatoms. The van der Waals surface area contributed by atoms with Crippen LogP contribution in [0.3, 0.4) is 0 Å². The number of rotatable bonds is 3. The van der Waals surface area contributed by atoms with E-state index in [0.29, 0.717) is 18.0 Å². The molecule has 0 aliphatic rings. The molecule has 2 aromatic carbocycles. The fourth-order valence-corrected chi connectivity index (χ4v) is 2.49. The number of ether oxygens (including phenoxy) is 1. The Bertz CT molecular complexity index is 668. The lowest BCUT2D eigenvalue weighted by Gasteiger charge is -2.13. The highest BCUT2D eigenvalue weighted by Crippen LogP contribution is 2.34. The van der Waals surface area contributed by atoms with Crippen molar-refractivity contribution in [3.63, 3.8) is 0 Å². The first-order chi connectivity index (χ1) is 9.51. The summed E-state index contributed by atoms with van der Waals surface area (Å²) in [6.07, 6.45) is 0. The normalized spacial score (nSPS) is 10.2. The van der Waals surface area contributed by atoms with Gasteiger partial charge in [0.15, 0.2) is 0 Å². The van der Waals surface area contributed by atoms with Crippen molar-refractivity contribution in [3.05, 3.63) is 68.7 Å². The van der Waals surface area contributed by atoms with Gasteiger partial charge in [0, 0.05) is 5.56 Å². The fourth-order valence-electron chi connectivity index (χ4n) is 1.99. The summed E-state index contributed by atoms with van der Waals surface area (Å²) in [5.74, 6) is 1.04. The molecule has 0 radical (unpaired) electrons. The molecule has 0 aliphatic heterocycles. The summed E-state index contributed by atoms with van der Waals surface area (Å²) in [5.41, 5.74) is 2.42. The van der Waals surface area contributed by atoms with Crippen LogP contribution in [0.4, 0.5) is 4.39 Å². The molecular formula is C16H13BrFNO. The van der Waals surface area contributed by atoms with Gasteiger partial charge in [-0.3, -0.25) is 0 Å². The zero-order chi connectivity index (χ0) is 14.7. The Kier molecular flexibility index (Phi) is 4.41. The van der Waals surface area contributed by atoms with E-state index in [-0.39, 0.29) is 5.82 Å². The van der Waals surface area contributed by atoms with E-state index in [1.165, 1.54) is 12.1 Å². The lowest BCUT2D eigenvalue weighted by molar-refractivity contribution is 0.469. The fraction of sp³-hybridized carbons (Fsp3) is 0.188. The predicted octanol–water partition coefficient (Wildman–Crippen LogP) is 5.42. The summed E-state index contributed by atoms with van der Waals surface area (Å²) in [4.78, 5) is 3.35. The highest BCUT2D eigenvalue weighted by atomic mass is 79.9. The average molecular weight is 334 g/mol. The zero-order valence-electron chi connectivity index (χ0n) is 11.2. The molecule has 0 aromatic heterocycles. The van der Waals surface area contributed by atoms with Gasteiger partial charge in [-0.15, -0.1) is 0 Å². The molecule has 0 fully saturated rings. The van der Waals surface area contributed by atoms with E-state index in [2.05, 4.69) is 20.8 Å². The Morgan fingerprint density at radius 2 is 1.85 bits per heavy atom. The van der Waals surface area contributed by atoms with Gasteiger partial charge in [0.2, 0.25) is 6.54 Å². The van der Waals surface area contributed by atoms with Crippen molar-refractivity contribution in [2.45, 2.75) is 20.4 Å². The van der Waals surface area contributed by atoms with Crippen LogP contribution in [-0.4, -0.2) is 0 Å². The summed E-state index contributed by atoms with van der Waals surface area (Å²) in [5, 5.41) is 0. The van der Waals surface area contributed by atoms with Gasteiger partial charge >= 0.3 is 0 Å². The molecule has 2 aromatic rings. The van der Waals surface area contributed by atoms with Gasteiger partial charge in [-0.05, 0) is 71.2 Å². The van der Waals surface area contributed by atoms with Crippen LogP contribution in [0.1, 0.15) is 16.7 Å². The van der Waals surface area contributed by atoms with Crippen LogP contribution in [0.5, 0.6) is 11.5 Å². The van der Waals surface area contributed by atoms with Gasteiger partial charge in [-0.25, -0.2) is 11.0 Å². The minimum atomic E-state index is -0.265. The SMILES string of the molecule is [C-]#[N+]Cc1ccc(Oc2c(C)cc(F)cc2C)c(Br)c1. The first-order valence-electron chi connectivity index (χ1n) is 6.07. The van der Waals surface area contributed by atoms with E-state index in [4.69, 9.17) is 11.3 Å². The summed E-state index contributed by atoms with van der Waals surface area (Å²) < 4.78 is 19.9. The first kappa shape index (κ1) is 14.5. The maximum absolute atomic E-state index is 13.3. The van der Waals surface area contributed by atoms with Gasteiger partial charge in [0.05, 0.1) is 4.47 Å². The predicted molar refractivity (Wildman–Crippen MR) is 80.4 cm³/mol. The molecular weight excluding hydrogens is 321 g/mol. The van der Waals surface area contributed by atoms with E-state index in [1.54, 1.807) is 0 Å². The first-order valence-corrected chi connectivity index (χ1v) is 6.87. The molecule has 0 spiro atoms. The van der Waals surface area contributed by atoms with Gasteiger partial charge in [-0.1, -0.05) is 0 Å². The number of nitrogens with zero attached hydrogens (tertiary/aromatic N) is 1. The third kappa shape index (κ3) is 3.17. The van der Waals surface area contributed by atoms with Gasteiger partial charge in [0.25, 0.3) is 0 Å².